The van der Waals surface area contributed by atoms with Gasteiger partial charge in [0.05, 0.1) is 10.7 Å². The maximum atomic E-state index is 11.3. The number of rotatable bonds is 4. The lowest BCUT2D eigenvalue weighted by molar-refractivity contribution is -0.118. The van der Waals surface area contributed by atoms with Gasteiger partial charge in [0.1, 0.15) is 0 Å². The predicted molar refractivity (Wildman–Crippen MR) is 76.4 cm³/mol. The topological polar surface area (TPSA) is 49.4 Å². The zero-order valence-electron chi connectivity index (χ0n) is 10.1. The number of nitrogens with zero attached hydrogens (tertiary/aromatic N) is 1. The number of hydrogen-bond donors (Lipinski definition) is 1. The first-order valence-electron chi connectivity index (χ1n) is 5.78. The molecule has 0 aromatic rings. The number of carbonyl (C=O) groups excluding carboxylic acids is 2. The van der Waals surface area contributed by atoms with E-state index in [1.165, 1.54) is 0 Å². The van der Waals surface area contributed by atoms with Crippen LogP contribution in [0, 0.1) is 0 Å². The lowest BCUT2D eigenvalue weighted by Crippen LogP contribution is -2.31. The van der Waals surface area contributed by atoms with E-state index in [1.807, 2.05) is 13.1 Å². The lowest BCUT2D eigenvalue weighted by Gasteiger charge is -2.23. The van der Waals surface area contributed by atoms with Crippen LogP contribution in [0.4, 0.5) is 0 Å². The monoisotopic (exact) mass is 330 g/mol. The molecule has 0 radical (unpaired) electrons. The third-order valence-corrected chi connectivity index (χ3v) is 4.94. The molecule has 0 bridgehead atoms. The molecule has 6 heteroatoms. The lowest BCUT2D eigenvalue weighted by atomic mass is 10.1. The second-order valence-electron chi connectivity index (χ2n) is 4.24. The van der Waals surface area contributed by atoms with E-state index in [1.54, 1.807) is 17.8 Å². The fourth-order valence-corrected chi connectivity index (χ4v) is 3.61. The van der Waals surface area contributed by atoms with Crippen molar-refractivity contribution in [3.05, 3.63) is 22.8 Å². The van der Waals surface area contributed by atoms with Crippen LogP contribution in [-0.4, -0.2) is 40.9 Å². The average molecular weight is 331 g/mol. The summed E-state index contributed by atoms with van der Waals surface area (Å²) in [7, 11) is 2.03. The molecule has 2 rings (SSSR count). The van der Waals surface area contributed by atoms with Crippen molar-refractivity contribution in [2.24, 2.45) is 0 Å². The third-order valence-electron chi connectivity index (χ3n) is 2.97. The minimum absolute atomic E-state index is 0.00782. The van der Waals surface area contributed by atoms with Crippen molar-refractivity contribution >= 4 is 39.4 Å². The fourth-order valence-electron chi connectivity index (χ4n) is 2.02. The van der Waals surface area contributed by atoms with Crippen LogP contribution in [0.3, 0.4) is 0 Å². The Morgan fingerprint density at radius 2 is 2.39 bits per heavy atom. The number of amides is 1. The van der Waals surface area contributed by atoms with Crippen LogP contribution in [-0.2, 0) is 9.59 Å². The summed E-state index contributed by atoms with van der Waals surface area (Å²) in [6.07, 6.45) is 4.93. The van der Waals surface area contributed by atoms with Crippen LogP contribution in [0.25, 0.3) is 0 Å². The number of alkyl halides is 1. The summed E-state index contributed by atoms with van der Waals surface area (Å²) in [5, 5.41) is 3.49. The third kappa shape index (κ3) is 2.98. The molecule has 1 unspecified atom stereocenters. The molecule has 1 amide bonds. The van der Waals surface area contributed by atoms with E-state index in [0.29, 0.717) is 23.7 Å². The molecule has 1 N–H and O–H groups in total. The zero-order chi connectivity index (χ0) is 13.1. The Kier molecular flexibility index (Phi) is 4.50. The maximum absolute atomic E-state index is 11.3. The van der Waals surface area contributed by atoms with Gasteiger partial charge in [0.25, 0.3) is 0 Å². The Morgan fingerprint density at radius 1 is 1.61 bits per heavy atom. The van der Waals surface area contributed by atoms with E-state index in [2.05, 4.69) is 26.1 Å². The molecule has 1 aliphatic carbocycles. The van der Waals surface area contributed by atoms with Gasteiger partial charge in [-0.1, -0.05) is 15.9 Å². The molecule has 4 nitrogen and oxygen atoms in total. The number of carbonyl (C=O) groups is 2. The van der Waals surface area contributed by atoms with Gasteiger partial charge in [0.15, 0.2) is 5.78 Å². The Balaban J connectivity index is 1.86. The van der Waals surface area contributed by atoms with Crippen molar-refractivity contribution in [3.63, 3.8) is 0 Å². The van der Waals surface area contributed by atoms with Crippen molar-refractivity contribution in [2.75, 3.05) is 18.9 Å². The summed E-state index contributed by atoms with van der Waals surface area (Å²) in [5.41, 5.74) is 1.15. The quantitative estimate of drug-likeness (QED) is 0.796. The van der Waals surface area contributed by atoms with Gasteiger partial charge in [-0.05, 0) is 18.6 Å². The van der Waals surface area contributed by atoms with Crippen molar-refractivity contribution in [3.8, 4) is 0 Å². The number of halogens is 1. The van der Waals surface area contributed by atoms with Crippen molar-refractivity contribution in [2.45, 2.75) is 18.2 Å². The van der Waals surface area contributed by atoms with Gasteiger partial charge in [-0.25, -0.2) is 0 Å². The standard InChI is InChI=1S/C12H15BrN2O2S/c1-15-9-3-2-8(16)6-10(9)18-12(15)4-5-14-11(17)7-13/h2-3,12H,4-7H2,1H3,(H,14,17). The Bertz CT molecular complexity index is 434. The van der Waals surface area contributed by atoms with Crippen LogP contribution in [0.2, 0.25) is 0 Å². The normalized spacial score (nSPS) is 22.4. The largest absolute Gasteiger partial charge is 0.362 e. The van der Waals surface area contributed by atoms with E-state index in [9.17, 15) is 9.59 Å². The summed E-state index contributed by atoms with van der Waals surface area (Å²) >= 11 is 4.85. The molecule has 18 heavy (non-hydrogen) atoms. The van der Waals surface area contributed by atoms with Gasteiger partial charge in [0, 0.05) is 30.6 Å². The second-order valence-corrected chi connectivity index (χ2v) is 6.07. The SMILES string of the molecule is CN1C2=C(CC(=O)C=C2)SC1CCNC(=O)CBr. The van der Waals surface area contributed by atoms with Crippen LogP contribution < -0.4 is 5.32 Å². The Hall–Kier alpha value is -0.750. The molecule has 0 saturated carbocycles. The van der Waals surface area contributed by atoms with Gasteiger partial charge in [-0.15, -0.1) is 11.8 Å². The summed E-state index contributed by atoms with van der Waals surface area (Å²) < 4.78 is 0. The minimum atomic E-state index is 0.00782. The highest BCUT2D eigenvalue weighted by atomic mass is 79.9. The van der Waals surface area contributed by atoms with E-state index in [-0.39, 0.29) is 11.7 Å². The molecule has 0 aromatic carbocycles. The number of likely N-dealkylation sites (N-methyl/N-ethyl adjacent to an activating group) is 1. The van der Waals surface area contributed by atoms with E-state index in [0.717, 1.165) is 17.0 Å². The number of ketones is 1. The van der Waals surface area contributed by atoms with Gasteiger partial charge >= 0.3 is 0 Å². The van der Waals surface area contributed by atoms with Gasteiger partial charge in [-0.2, -0.15) is 0 Å². The first-order valence-corrected chi connectivity index (χ1v) is 7.78. The first kappa shape index (κ1) is 13.7. The molecular formula is C12H15BrN2O2S. The molecule has 0 aromatic heterocycles. The number of allylic oxidation sites excluding steroid dienone is 3. The molecule has 2 aliphatic rings. The van der Waals surface area contributed by atoms with Crippen molar-refractivity contribution < 1.29 is 9.59 Å². The maximum Gasteiger partial charge on any atom is 0.230 e. The van der Waals surface area contributed by atoms with Gasteiger partial charge < -0.3 is 10.2 Å². The minimum Gasteiger partial charge on any atom is -0.362 e. The molecule has 1 heterocycles. The van der Waals surface area contributed by atoms with E-state index in [4.69, 9.17) is 0 Å². The first-order chi connectivity index (χ1) is 8.61. The van der Waals surface area contributed by atoms with E-state index >= 15 is 0 Å². The van der Waals surface area contributed by atoms with Crippen LogP contribution in [0.15, 0.2) is 22.8 Å². The van der Waals surface area contributed by atoms with Crippen molar-refractivity contribution in [1.82, 2.24) is 10.2 Å². The highest BCUT2D eigenvalue weighted by Crippen LogP contribution is 2.42. The Morgan fingerprint density at radius 3 is 3.11 bits per heavy atom. The molecule has 1 aliphatic heterocycles. The number of hydrogen-bond acceptors (Lipinski definition) is 4. The molecule has 0 spiro atoms. The molecule has 0 fully saturated rings. The van der Waals surface area contributed by atoms with Crippen LogP contribution in [0.5, 0.6) is 0 Å². The molecule has 98 valence electrons. The summed E-state index contributed by atoms with van der Waals surface area (Å²) in [6, 6.07) is 0. The number of thioether (sulfide) groups is 1. The van der Waals surface area contributed by atoms with E-state index < -0.39 is 0 Å². The fraction of sp³-hybridized carbons (Fsp3) is 0.500. The van der Waals surface area contributed by atoms with Gasteiger partial charge in [0.2, 0.25) is 5.91 Å². The zero-order valence-corrected chi connectivity index (χ0v) is 12.5. The second kappa shape index (κ2) is 5.93. The van der Waals surface area contributed by atoms with Crippen LogP contribution in [0.1, 0.15) is 12.8 Å². The summed E-state index contributed by atoms with van der Waals surface area (Å²) in [5.74, 6) is 0.177. The summed E-state index contributed by atoms with van der Waals surface area (Å²) in [4.78, 5) is 25.8. The average Bonchev–Trinajstić information content (AvgIpc) is 2.65. The summed E-state index contributed by atoms with van der Waals surface area (Å²) in [6.45, 7) is 0.657. The number of nitrogens with one attached hydrogen (secondary N) is 1. The molecule has 0 saturated heterocycles. The van der Waals surface area contributed by atoms with Crippen LogP contribution >= 0.6 is 27.7 Å². The highest BCUT2D eigenvalue weighted by Gasteiger charge is 2.30. The molecular weight excluding hydrogens is 316 g/mol. The highest BCUT2D eigenvalue weighted by molar-refractivity contribution is 9.09. The molecule has 1 atom stereocenters. The van der Waals surface area contributed by atoms with Crippen molar-refractivity contribution in [1.29, 1.82) is 0 Å². The van der Waals surface area contributed by atoms with Gasteiger partial charge in [-0.3, -0.25) is 9.59 Å². The predicted octanol–water partition coefficient (Wildman–Crippen LogP) is 1.63. The smallest absolute Gasteiger partial charge is 0.230 e. The Labute approximate surface area is 119 Å².